The summed E-state index contributed by atoms with van der Waals surface area (Å²) >= 11 is 0. The minimum absolute atomic E-state index is 0.0148. The molecule has 16 heteroatoms. The van der Waals surface area contributed by atoms with Gasteiger partial charge in [-0.2, -0.15) is 0 Å². The molecule has 234 valence electrons. The van der Waals surface area contributed by atoms with Gasteiger partial charge in [-0.15, -0.1) is 10.2 Å². The van der Waals surface area contributed by atoms with E-state index in [2.05, 4.69) is 50.6 Å². The lowest BCUT2D eigenvalue weighted by Gasteiger charge is -2.49. The number of nitrogens with one attached hydrogen (secondary N) is 7. The lowest BCUT2D eigenvalue weighted by atomic mass is 9.79. The first-order chi connectivity index (χ1) is 21.0. The van der Waals surface area contributed by atoms with Crippen LogP contribution in [0.2, 0.25) is 0 Å². The number of aromatic nitrogens is 2. The number of carbonyl (C=O) groups is 2. The molecule has 2 aromatic rings. The molecule has 6 rings (SSSR count). The number of guanidine groups is 2. The van der Waals surface area contributed by atoms with E-state index in [-0.39, 0.29) is 55.2 Å². The molecule has 9 N–H and O–H groups in total. The maximum absolute atomic E-state index is 13.6. The van der Waals surface area contributed by atoms with Gasteiger partial charge in [-0.25, -0.2) is 0 Å². The minimum atomic E-state index is -1.34. The van der Waals surface area contributed by atoms with Crippen LogP contribution in [0.5, 0.6) is 11.6 Å². The van der Waals surface area contributed by atoms with Gasteiger partial charge in [-0.3, -0.25) is 20.4 Å². The van der Waals surface area contributed by atoms with Gasteiger partial charge in [-0.05, 0) is 24.0 Å². The van der Waals surface area contributed by atoms with Crippen molar-refractivity contribution in [2.75, 3.05) is 32.9 Å². The Labute approximate surface area is 252 Å². The predicted octanol–water partition coefficient (Wildman–Crippen LogP) is -1.79. The van der Waals surface area contributed by atoms with E-state index in [1.54, 1.807) is 11.0 Å². The van der Waals surface area contributed by atoms with E-state index >= 15 is 0 Å². The van der Waals surface area contributed by atoms with Gasteiger partial charge in [0.15, 0.2) is 23.3 Å². The van der Waals surface area contributed by atoms with Crippen LogP contribution in [0.3, 0.4) is 0 Å². The van der Waals surface area contributed by atoms with E-state index < -0.39 is 41.7 Å². The molecule has 4 aliphatic rings. The Morgan fingerprint density at radius 1 is 1.18 bits per heavy atom. The summed E-state index contributed by atoms with van der Waals surface area (Å²) in [5, 5.41) is 60.2. The number of aliphatic hydroxyl groups is 2. The first kappa shape index (κ1) is 29.4. The monoisotopic (exact) mass is 608 g/mol. The largest absolute Gasteiger partial charge is 0.492 e. The van der Waals surface area contributed by atoms with Crippen LogP contribution < -0.4 is 36.1 Å². The van der Waals surface area contributed by atoms with Crippen molar-refractivity contribution in [3.05, 3.63) is 47.2 Å². The molecule has 1 unspecified atom stereocenters. The van der Waals surface area contributed by atoms with E-state index in [0.717, 1.165) is 12.0 Å². The molecule has 16 nitrogen and oxygen atoms in total. The topological polar surface area (TPSA) is 230 Å². The number of nitrogens with zero attached hydrogens (tertiary/aromatic N) is 3. The standard InChI is InChI=1S/C28H36N10O6/c1-27(2)8-10-44-20-14(4-3-5-15(20)27)23(41)32-18-13-38-26(30)33-17(21-28(38,22(18)40)35-25(29)34-21)12-31-24(42)16-6-7-19(37-36-16)43-11-9-39/h3-7,17-18,21-22,39-40H,8-13H2,1-2H3,(H2,30,33)(H,31,42)(H,32,41)(H3,29,34,35)/t17-,18?,21-,22+,28-/m0/s1. The van der Waals surface area contributed by atoms with Gasteiger partial charge in [0.25, 0.3) is 11.8 Å². The van der Waals surface area contributed by atoms with Crippen molar-refractivity contribution in [3.8, 4) is 11.6 Å². The van der Waals surface area contributed by atoms with Gasteiger partial charge in [-0.1, -0.05) is 26.0 Å². The van der Waals surface area contributed by atoms with Gasteiger partial charge in [0, 0.05) is 24.7 Å². The highest BCUT2D eigenvalue weighted by molar-refractivity contribution is 5.98. The van der Waals surface area contributed by atoms with E-state index in [9.17, 15) is 14.7 Å². The molecule has 0 radical (unpaired) electrons. The first-order valence-electron chi connectivity index (χ1n) is 14.4. The summed E-state index contributed by atoms with van der Waals surface area (Å²) in [6.45, 7) is 4.68. The Balaban J connectivity index is 1.17. The summed E-state index contributed by atoms with van der Waals surface area (Å²) in [5.41, 5.74) is -0.140. The highest BCUT2D eigenvalue weighted by Crippen LogP contribution is 2.41. The van der Waals surface area contributed by atoms with E-state index in [4.69, 9.17) is 25.4 Å². The minimum Gasteiger partial charge on any atom is -0.492 e. The van der Waals surface area contributed by atoms with Crippen LogP contribution in [-0.4, -0.2) is 112 Å². The highest BCUT2D eigenvalue weighted by Gasteiger charge is 2.66. The summed E-state index contributed by atoms with van der Waals surface area (Å²) in [4.78, 5) is 28.0. The Hall–Kier alpha value is -4.70. The SMILES string of the molecule is CC1(C)CCOc2c(C(=O)NC3CN4C(=N)N[C@@H](CNC(=O)c5ccc(OCCO)nn5)[C@@H]5NC(=N)N[C@@]54[C@@H]3O)cccc21. The highest BCUT2D eigenvalue weighted by atomic mass is 16.5. The molecule has 3 fully saturated rings. The average molecular weight is 609 g/mol. The number of hydrogen-bond acceptors (Lipinski definition) is 10. The molecular weight excluding hydrogens is 572 g/mol. The van der Waals surface area contributed by atoms with Crippen LogP contribution in [0.4, 0.5) is 0 Å². The zero-order valence-corrected chi connectivity index (χ0v) is 24.3. The van der Waals surface area contributed by atoms with Crippen molar-refractivity contribution in [2.24, 2.45) is 0 Å². The van der Waals surface area contributed by atoms with Crippen molar-refractivity contribution in [1.29, 1.82) is 10.8 Å². The maximum atomic E-state index is 13.6. The number of carbonyl (C=O) groups excluding carboxylic acids is 2. The third-order valence-corrected chi connectivity index (χ3v) is 8.73. The summed E-state index contributed by atoms with van der Waals surface area (Å²) in [7, 11) is 0. The lowest BCUT2D eigenvalue weighted by Crippen LogP contribution is -2.78. The van der Waals surface area contributed by atoms with E-state index in [1.807, 2.05) is 12.1 Å². The molecule has 0 saturated carbocycles. The van der Waals surface area contributed by atoms with Crippen molar-refractivity contribution in [1.82, 2.24) is 41.7 Å². The smallest absolute Gasteiger partial charge is 0.271 e. The zero-order chi connectivity index (χ0) is 31.2. The quantitative estimate of drug-likeness (QED) is 0.162. The van der Waals surface area contributed by atoms with Crippen molar-refractivity contribution in [2.45, 2.75) is 55.6 Å². The maximum Gasteiger partial charge on any atom is 0.271 e. The molecule has 0 bridgehead atoms. The van der Waals surface area contributed by atoms with Crippen LogP contribution in [0.1, 0.15) is 46.7 Å². The number of benzene rings is 1. The molecule has 2 amide bonds. The number of para-hydroxylation sites is 1. The van der Waals surface area contributed by atoms with Gasteiger partial charge in [0.2, 0.25) is 5.88 Å². The van der Waals surface area contributed by atoms with Crippen LogP contribution >= 0.6 is 0 Å². The van der Waals surface area contributed by atoms with Gasteiger partial charge in [0.05, 0.1) is 36.9 Å². The van der Waals surface area contributed by atoms with Crippen LogP contribution in [0.15, 0.2) is 30.3 Å². The second-order valence-corrected chi connectivity index (χ2v) is 11.9. The Morgan fingerprint density at radius 2 is 2.00 bits per heavy atom. The van der Waals surface area contributed by atoms with Gasteiger partial charge < -0.3 is 51.2 Å². The number of amides is 2. The molecule has 1 aromatic carbocycles. The van der Waals surface area contributed by atoms with Crippen molar-refractivity contribution < 1.29 is 29.3 Å². The van der Waals surface area contributed by atoms with Crippen LogP contribution in [-0.2, 0) is 5.41 Å². The summed E-state index contributed by atoms with van der Waals surface area (Å²) in [5.74, 6) is -0.323. The molecule has 3 saturated heterocycles. The fourth-order valence-electron chi connectivity index (χ4n) is 6.46. The number of ether oxygens (including phenoxy) is 2. The van der Waals surface area contributed by atoms with E-state index in [1.165, 1.54) is 12.1 Å². The lowest BCUT2D eigenvalue weighted by molar-refractivity contribution is 0.00611. The summed E-state index contributed by atoms with van der Waals surface area (Å²) in [6, 6.07) is 6.28. The molecule has 1 spiro atoms. The normalized spacial score (nSPS) is 27.9. The average Bonchev–Trinajstić information content (AvgIpc) is 3.50. The van der Waals surface area contributed by atoms with Crippen LogP contribution in [0.25, 0.3) is 0 Å². The second-order valence-electron chi connectivity index (χ2n) is 11.9. The predicted molar refractivity (Wildman–Crippen MR) is 156 cm³/mol. The summed E-state index contributed by atoms with van der Waals surface area (Å²) in [6.07, 6.45) is -0.408. The Bertz CT molecular complexity index is 1490. The van der Waals surface area contributed by atoms with E-state index in [0.29, 0.717) is 17.9 Å². The fraction of sp³-hybridized carbons (Fsp3) is 0.500. The van der Waals surface area contributed by atoms with Gasteiger partial charge >= 0.3 is 0 Å². The number of rotatable bonds is 8. The van der Waals surface area contributed by atoms with Crippen molar-refractivity contribution >= 4 is 23.7 Å². The molecule has 1 aromatic heterocycles. The Kier molecular flexibility index (Phi) is 7.41. The van der Waals surface area contributed by atoms with Crippen LogP contribution in [0, 0.1) is 10.8 Å². The Morgan fingerprint density at radius 3 is 2.75 bits per heavy atom. The second kappa shape index (κ2) is 11.1. The number of hydrogen-bond donors (Lipinski definition) is 9. The molecule has 44 heavy (non-hydrogen) atoms. The van der Waals surface area contributed by atoms with Gasteiger partial charge in [0.1, 0.15) is 18.5 Å². The molecule has 5 heterocycles. The third kappa shape index (κ3) is 4.89. The number of fused-ring (bicyclic) bond motifs is 1. The first-order valence-corrected chi connectivity index (χ1v) is 14.4. The zero-order valence-electron chi connectivity index (χ0n) is 24.3. The molecule has 4 aliphatic heterocycles. The molecular formula is C28H36N10O6. The fourth-order valence-corrected chi connectivity index (χ4v) is 6.46. The molecule has 5 atom stereocenters. The van der Waals surface area contributed by atoms with Crippen molar-refractivity contribution in [3.63, 3.8) is 0 Å². The molecule has 0 aliphatic carbocycles. The number of aliphatic hydroxyl groups excluding tert-OH is 2. The third-order valence-electron chi connectivity index (χ3n) is 8.73. The summed E-state index contributed by atoms with van der Waals surface area (Å²) < 4.78 is 11.1.